The van der Waals surface area contributed by atoms with Crippen LogP contribution in [0.15, 0.2) is 60.8 Å². The van der Waals surface area contributed by atoms with Gasteiger partial charge in [-0.25, -0.2) is 9.48 Å². The lowest BCUT2D eigenvalue weighted by Crippen LogP contribution is -2.53. The summed E-state index contributed by atoms with van der Waals surface area (Å²) in [6.07, 6.45) is -2.84. The first-order chi connectivity index (χ1) is 19.4. The van der Waals surface area contributed by atoms with E-state index in [1.165, 1.54) is 12.3 Å². The Kier molecular flexibility index (Phi) is 7.23. The number of carboxylic acid groups (broad SMARTS) is 1. The Morgan fingerprint density at radius 1 is 1.10 bits per heavy atom. The number of carbonyl (C=O) groups is 1. The third-order valence-electron chi connectivity index (χ3n) is 7.85. The predicted molar refractivity (Wildman–Crippen MR) is 150 cm³/mol. The van der Waals surface area contributed by atoms with Crippen LogP contribution in [0.1, 0.15) is 54.2 Å². The fraction of sp³-hybridized carbons (Fsp3) is 0.355. The second-order valence-corrected chi connectivity index (χ2v) is 11.1. The number of nitrogens with zero attached hydrogens (tertiary/aromatic N) is 2. The summed E-state index contributed by atoms with van der Waals surface area (Å²) < 4.78 is 50.7. The minimum Gasteiger partial charge on any atom is -0.493 e. The van der Waals surface area contributed by atoms with Gasteiger partial charge in [-0.05, 0) is 53.6 Å². The van der Waals surface area contributed by atoms with Crippen LogP contribution in [-0.4, -0.2) is 50.9 Å². The van der Waals surface area contributed by atoms with E-state index in [0.29, 0.717) is 58.6 Å². The third kappa shape index (κ3) is 5.12. The Hall–Kier alpha value is -4.05. The van der Waals surface area contributed by atoms with Crippen molar-refractivity contribution in [3.63, 3.8) is 0 Å². The lowest BCUT2D eigenvalue weighted by Gasteiger charge is -2.38. The Morgan fingerprint density at radius 2 is 1.83 bits per heavy atom. The highest BCUT2D eigenvalue weighted by molar-refractivity contribution is 5.94. The van der Waals surface area contributed by atoms with E-state index in [-0.39, 0.29) is 5.56 Å². The Balaban J connectivity index is 1.47. The van der Waals surface area contributed by atoms with Crippen LogP contribution in [0.3, 0.4) is 0 Å². The molecule has 0 amide bonds. The van der Waals surface area contributed by atoms with Crippen molar-refractivity contribution in [3.05, 3.63) is 83.0 Å². The van der Waals surface area contributed by atoms with Crippen LogP contribution < -0.4 is 10.1 Å². The van der Waals surface area contributed by atoms with Gasteiger partial charge in [0.15, 0.2) is 5.60 Å². The summed E-state index contributed by atoms with van der Waals surface area (Å²) in [5.41, 5.74) is -0.243. The molecule has 0 fully saturated rings. The number of hydrogen-bond acceptors (Lipinski definition) is 5. The van der Waals surface area contributed by atoms with Crippen molar-refractivity contribution < 1.29 is 32.9 Å². The van der Waals surface area contributed by atoms with E-state index in [4.69, 9.17) is 4.74 Å². The molecule has 1 aromatic heterocycles. The maximum atomic E-state index is 14.5. The van der Waals surface area contributed by atoms with Crippen molar-refractivity contribution in [2.45, 2.75) is 57.2 Å². The van der Waals surface area contributed by atoms with Gasteiger partial charge >= 0.3 is 12.1 Å². The second kappa shape index (κ2) is 10.4. The van der Waals surface area contributed by atoms with Crippen LogP contribution in [0, 0.1) is 0 Å². The molecule has 2 heterocycles. The van der Waals surface area contributed by atoms with E-state index in [1.54, 1.807) is 54.9 Å². The zero-order valence-electron chi connectivity index (χ0n) is 23.0. The maximum absolute atomic E-state index is 14.5. The molecular weight excluding hydrogens is 535 g/mol. The van der Waals surface area contributed by atoms with Crippen LogP contribution >= 0.6 is 0 Å². The molecule has 0 aliphatic carbocycles. The number of carboxylic acids is 1. The number of para-hydroxylation sites is 1. The molecule has 1 aliphatic heterocycles. The van der Waals surface area contributed by atoms with E-state index in [0.717, 1.165) is 5.56 Å². The summed E-state index contributed by atoms with van der Waals surface area (Å²) >= 11 is 0. The number of fused-ring (bicyclic) bond motifs is 2. The number of aliphatic hydroxyl groups is 1. The molecule has 0 saturated heterocycles. The Labute approximate surface area is 235 Å². The number of hydrogen-bond donors (Lipinski definition) is 3. The first kappa shape index (κ1) is 28.5. The van der Waals surface area contributed by atoms with Gasteiger partial charge in [0, 0.05) is 23.1 Å². The average Bonchev–Trinajstić information content (AvgIpc) is 3.58. The summed E-state index contributed by atoms with van der Waals surface area (Å²) in [7, 11) is 0. The van der Waals surface area contributed by atoms with Gasteiger partial charge in [-0.15, -0.1) is 0 Å². The standard InChI is InChI=1S/C31H32F3N3O4/c1-4-20-21(28(38)39)9-6-12-25(20)37-26-13-7-11-24(22(26)16-36-37)35-18-30(40,31(32,33)34)17-29(2,3)23-10-5-8-19-14-15-41-27(19)23/h5-13,16,35,40H,4,14-15,17-18H2,1-3H3,(H,38,39). The third-order valence-corrected chi connectivity index (χ3v) is 7.85. The summed E-state index contributed by atoms with van der Waals surface area (Å²) in [6.45, 7) is 4.91. The monoisotopic (exact) mass is 567 g/mol. The van der Waals surface area contributed by atoms with Gasteiger partial charge in [0.05, 0.1) is 36.1 Å². The largest absolute Gasteiger partial charge is 0.493 e. The van der Waals surface area contributed by atoms with Crippen molar-refractivity contribution in [1.82, 2.24) is 9.78 Å². The molecule has 0 spiro atoms. The second-order valence-electron chi connectivity index (χ2n) is 11.1. The van der Waals surface area contributed by atoms with Gasteiger partial charge in [-0.2, -0.15) is 18.3 Å². The summed E-state index contributed by atoms with van der Waals surface area (Å²) in [5.74, 6) is -0.450. The topological polar surface area (TPSA) is 96.6 Å². The summed E-state index contributed by atoms with van der Waals surface area (Å²) in [4.78, 5) is 11.8. The van der Waals surface area contributed by atoms with Crippen molar-refractivity contribution >= 4 is 22.6 Å². The minimum atomic E-state index is -4.92. The number of nitrogens with one attached hydrogen (secondary N) is 1. The lowest BCUT2D eigenvalue weighted by molar-refractivity contribution is -0.260. The molecular formula is C31H32F3N3O4. The van der Waals surface area contributed by atoms with E-state index >= 15 is 0 Å². The minimum absolute atomic E-state index is 0.162. The fourth-order valence-corrected chi connectivity index (χ4v) is 5.82. The zero-order chi connectivity index (χ0) is 29.6. The zero-order valence-corrected chi connectivity index (χ0v) is 23.0. The van der Waals surface area contributed by atoms with Gasteiger partial charge in [0.25, 0.3) is 0 Å². The molecule has 7 nitrogen and oxygen atoms in total. The van der Waals surface area contributed by atoms with Crippen LogP contribution in [0.25, 0.3) is 16.6 Å². The Morgan fingerprint density at radius 3 is 2.54 bits per heavy atom. The number of aromatic carboxylic acids is 1. The molecule has 1 unspecified atom stereocenters. The smallest absolute Gasteiger partial charge is 0.418 e. The number of benzene rings is 3. The van der Waals surface area contributed by atoms with Crippen LogP contribution in [-0.2, 0) is 18.3 Å². The highest BCUT2D eigenvalue weighted by atomic mass is 19.4. The van der Waals surface area contributed by atoms with E-state index in [1.807, 2.05) is 19.1 Å². The molecule has 10 heteroatoms. The highest BCUT2D eigenvalue weighted by Crippen LogP contribution is 2.45. The number of halogens is 3. The number of anilines is 1. The van der Waals surface area contributed by atoms with Crippen molar-refractivity contribution in [2.24, 2.45) is 0 Å². The quantitative estimate of drug-likeness (QED) is 0.220. The normalized spacial score (nSPS) is 14.9. The van der Waals surface area contributed by atoms with Gasteiger partial charge in [-0.3, -0.25) is 0 Å². The van der Waals surface area contributed by atoms with E-state index in [9.17, 15) is 28.2 Å². The molecule has 5 rings (SSSR count). The molecule has 3 N–H and O–H groups in total. The molecule has 0 radical (unpaired) electrons. The molecule has 41 heavy (non-hydrogen) atoms. The molecule has 4 aromatic rings. The molecule has 1 atom stereocenters. The lowest BCUT2D eigenvalue weighted by atomic mass is 9.74. The molecule has 0 saturated carbocycles. The number of aromatic nitrogens is 2. The average molecular weight is 568 g/mol. The number of rotatable bonds is 9. The van der Waals surface area contributed by atoms with Crippen molar-refractivity contribution in [2.75, 3.05) is 18.5 Å². The van der Waals surface area contributed by atoms with E-state index < -0.39 is 36.1 Å². The predicted octanol–water partition coefficient (Wildman–Crippen LogP) is 6.29. The molecule has 216 valence electrons. The molecule has 3 aromatic carbocycles. The SMILES string of the molecule is CCc1c(C(=O)O)cccc1-n1ncc2c(NCC(O)(CC(C)(C)c3cccc4c3OCC4)C(F)(F)F)cccc21. The van der Waals surface area contributed by atoms with Crippen LogP contribution in [0.4, 0.5) is 18.9 Å². The fourth-order valence-electron chi connectivity index (χ4n) is 5.82. The first-order valence-corrected chi connectivity index (χ1v) is 13.5. The van der Waals surface area contributed by atoms with Gasteiger partial charge in [0.1, 0.15) is 5.75 Å². The van der Waals surface area contributed by atoms with Crippen molar-refractivity contribution in [1.29, 1.82) is 0 Å². The van der Waals surface area contributed by atoms with Crippen LogP contribution in [0.5, 0.6) is 5.75 Å². The first-order valence-electron chi connectivity index (χ1n) is 13.5. The van der Waals surface area contributed by atoms with Gasteiger partial charge in [-0.1, -0.05) is 51.1 Å². The van der Waals surface area contributed by atoms with Gasteiger partial charge < -0.3 is 20.3 Å². The number of ether oxygens (including phenoxy) is 1. The van der Waals surface area contributed by atoms with E-state index in [2.05, 4.69) is 10.4 Å². The molecule has 0 bridgehead atoms. The summed E-state index contributed by atoms with van der Waals surface area (Å²) in [5, 5.41) is 28.6. The van der Waals surface area contributed by atoms with Crippen LogP contribution in [0.2, 0.25) is 0 Å². The Bertz CT molecular complexity index is 1610. The maximum Gasteiger partial charge on any atom is 0.418 e. The summed E-state index contributed by atoms with van der Waals surface area (Å²) in [6, 6.07) is 15.4. The van der Waals surface area contributed by atoms with Gasteiger partial charge in [0.2, 0.25) is 0 Å². The molecule has 1 aliphatic rings. The van der Waals surface area contributed by atoms with Crippen molar-refractivity contribution in [3.8, 4) is 11.4 Å². The number of alkyl halides is 3. The highest BCUT2D eigenvalue weighted by Gasteiger charge is 2.56.